The lowest BCUT2D eigenvalue weighted by molar-refractivity contribution is -0.111. The third-order valence-electron chi connectivity index (χ3n) is 2.78. The van der Waals surface area contributed by atoms with E-state index in [1.807, 2.05) is 0 Å². The number of ether oxygens (including phenoxy) is 1. The highest BCUT2D eigenvalue weighted by molar-refractivity contribution is 7.90. The SMILES string of the molecule is C=CC(=O)Nc1ccc(Oc2cccc(S(C)(=O)=O)c2)cc1. The van der Waals surface area contributed by atoms with Crippen molar-refractivity contribution in [2.45, 2.75) is 4.90 Å². The minimum absolute atomic E-state index is 0.194. The smallest absolute Gasteiger partial charge is 0.247 e. The maximum atomic E-state index is 11.5. The molecule has 0 fully saturated rings. The van der Waals surface area contributed by atoms with Crippen LogP contribution >= 0.6 is 0 Å². The van der Waals surface area contributed by atoms with Crippen LogP contribution in [-0.2, 0) is 14.6 Å². The van der Waals surface area contributed by atoms with Crippen molar-refractivity contribution in [2.24, 2.45) is 0 Å². The Kier molecular flexibility index (Phi) is 4.62. The molecule has 1 amide bonds. The summed E-state index contributed by atoms with van der Waals surface area (Å²) < 4.78 is 28.6. The fourth-order valence-corrected chi connectivity index (χ4v) is 2.36. The van der Waals surface area contributed by atoms with Gasteiger partial charge in [0.1, 0.15) is 11.5 Å². The van der Waals surface area contributed by atoms with Crippen LogP contribution in [-0.4, -0.2) is 20.6 Å². The number of hydrogen-bond acceptors (Lipinski definition) is 4. The Labute approximate surface area is 129 Å². The van der Waals surface area contributed by atoms with Crippen molar-refractivity contribution in [2.75, 3.05) is 11.6 Å². The third kappa shape index (κ3) is 4.20. The van der Waals surface area contributed by atoms with Crippen molar-refractivity contribution < 1.29 is 17.9 Å². The molecule has 22 heavy (non-hydrogen) atoms. The number of nitrogens with one attached hydrogen (secondary N) is 1. The van der Waals surface area contributed by atoms with Crippen LogP contribution in [0.15, 0.2) is 66.1 Å². The number of benzene rings is 2. The van der Waals surface area contributed by atoms with Gasteiger partial charge >= 0.3 is 0 Å². The average Bonchev–Trinajstić information content (AvgIpc) is 2.48. The van der Waals surface area contributed by atoms with Crippen molar-refractivity contribution in [1.82, 2.24) is 0 Å². The predicted molar refractivity (Wildman–Crippen MR) is 84.9 cm³/mol. The van der Waals surface area contributed by atoms with Gasteiger partial charge in [0.05, 0.1) is 4.90 Å². The quantitative estimate of drug-likeness (QED) is 0.860. The minimum atomic E-state index is -3.28. The standard InChI is InChI=1S/C16H15NO4S/c1-3-16(18)17-12-7-9-13(10-8-12)21-14-5-4-6-15(11-14)22(2,19)20/h3-11H,1H2,2H3,(H,17,18). The molecule has 0 saturated carbocycles. The first-order valence-electron chi connectivity index (χ1n) is 6.40. The molecule has 0 bridgehead atoms. The van der Waals surface area contributed by atoms with Crippen LogP contribution in [0.2, 0.25) is 0 Å². The summed E-state index contributed by atoms with van der Waals surface area (Å²) in [6, 6.07) is 13.0. The Hall–Kier alpha value is -2.60. The lowest BCUT2D eigenvalue weighted by Crippen LogP contribution is -2.06. The van der Waals surface area contributed by atoms with Gasteiger partial charge in [0, 0.05) is 11.9 Å². The summed E-state index contributed by atoms with van der Waals surface area (Å²) >= 11 is 0. The molecule has 2 aromatic rings. The molecular weight excluding hydrogens is 302 g/mol. The summed E-state index contributed by atoms with van der Waals surface area (Å²) in [5.41, 5.74) is 0.613. The van der Waals surface area contributed by atoms with Crippen LogP contribution < -0.4 is 10.1 Å². The van der Waals surface area contributed by atoms with Gasteiger partial charge < -0.3 is 10.1 Å². The Bertz CT molecular complexity index is 795. The summed E-state index contributed by atoms with van der Waals surface area (Å²) in [6.07, 6.45) is 2.32. The number of carbonyl (C=O) groups is 1. The van der Waals surface area contributed by atoms with Gasteiger partial charge in [-0.15, -0.1) is 0 Å². The molecule has 6 heteroatoms. The molecule has 0 saturated heterocycles. The van der Waals surface area contributed by atoms with E-state index in [4.69, 9.17) is 4.74 Å². The summed E-state index contributed by atoms with van der Waals surface area (Å²) in [5, 5.41) is 2.62. The van der Waals surface area contributed by atoms with Crippen LogP contribution in [0.25, 0.3) is 0 Å². The van der Waals surface area contributed by atoms with Gasteiger partial charge in [0.15, 0.2) is 9.84 Å². The average molecular weight is 317 g/mol. The summed E-state index contributed by atoms with van der Waals surface area (Å²) in [7, 11) is -3.28. The van der Waals surface area contributed by atoms with E-state index in [0.717, 1.165) is 6.26 Å². The van der Waals surface area contributed by atoms with Gasteiger partial charge in [-0.1, -0.05) is 12.6 Å². The van der Waals surface area contributed by atoms with Gasteiger partial charge in [-0.05, 0) is 48.5 Å². The molecule has 0 aromatic heterocycles. The zero-order valence-corrected chi connectivity index (χ0v) is 12.8. The molecule has 1 N–H and O–H groups in total. The van der Waals surface area contributed by atoms with E-state index in [1.165, 1.54) is 18.2 Å². The number of rotatable bonds is 5. The maximum absolute atomic E-state index is 11.5. The summed E-state index contributed by atoms with van der Waals surface area (Å²) in [4.78, 5) is 11.4. The van der Waals surface area contributed by atoms with Crippen molar-refractivity contribution >= 4 is 21.4 Å². The second-order valence-corrected chi connectivity index (χ2v) is 6.58. The minimum Gasteiger partial charge on any atom is -0.457 e. The molecule has 5 nitrogen and oxygen atoms in total. The Morgan fingerprint density at radius 3 is 2.41 bits per heavy atom. The molecule has 0 heterocycles. The largest absolute Gasteiger partial charge is 0.457 e. The van der Waals surface area contributed by atoms with E-state index in [9.17, 15) is 13.2 Å². The van der Waals surface area contributed by atoms with Gasteiger partial charge in [-0.3, -0.25) is 4.79 Å². The first kappa shape index (κ1) is 15.8. The molecule has 2 aromatic carbocycles. The summed E-state index contributed by atoms with van der Waals surface area (Å²) in [5.74, 6) is 0.655. The van der Waals surface area contributed by atoms with E-state index in [2.05, 4.69) is 11.9 Å². The van der Waals surface area contributed by atoms with Crippen LogP contribution in [0, 0.1) is 0 Å². The van der Waals surface area contributed by atoms with E-state index < -0.39 is 9.84 Å². The van der Waals surface area contributed by atoms with Crippen molar-refractivity contribution in [3.63, 3.8) is 0 Å². The molecule has 0 aliphatic rings. The first-order valence-corrected chi connectivity index (χ1v) is 8.29. The highest BCUT2D eigenvalue weighted by Gasteiger charge is 2.08. The van der Waals surface area contributed by atoms with Gasteiger partial charge in [-0.25, -0.2) is 8.42 Å². The van der Waals surface area contributed by atoms with Crippen molar-refractivity contribution in [1.29, 1.82) is 0 Å². The monoisotopic (exact) mass is 317 g/mol. The number of sulfone groups is 1. The van der Waals surface area contributed by atoms with Gasteiger partial charge in [0.25, 0.3) is 0 Å². The van der Waals surface area contributed by atoms with Crippen LogP contribution in [0.5, 0.6) is 11.5 Å². The van der Waals surface area contributed by atoms with Gasteiger partial charge in [0.2, 0.25) is 5.91 Å². The zero-order chi connectivity index (χ0) is 16.2. The topological polar surface area (TPSA) is 72.5 Å². The third-order valence-corrected chi connectivity index (χ3v) is 3.89. The molecule has 0 radical (unpaired) electrons. The van der Waals surface area contributed by atoms with E-state index >= 15 is 0 Å². The molecule has 0 spiro atoms. The van der Waals surface area contributed by atoms with Crippen LogP contribution in [0.3, 0.4) is 0 Å². The van der Waals surface area contributed by atoms with E-state index in [1.54, 1.807) is 36.4 Å². The molecular formula is C16H15NO4S. The molecule has 0 aliphatic heterocycles. The molecule has 0 atom stereocenters. The van der Waals surface area contributed by atoms with Crippen LogP contribution in [0.1, 0.15) is 0 Å². The fourth-order valence-electron chi connectivity index (χ4n) is 1.70. The second-order valence-electron chi connectivity index (χ2n) is 4.57. The number of amides is 1. The molecule has 114 valence electrons. The highest BCUT2D eigenvalue weighted by Crippen LogP contribution is 2.25. The Balaban J connectivity index is 2.14. The lowest BCUT2D eigenvalue weighted by Gasteiger charge is -2.08. The fraction of sp³-hybridized carbons (Fsp3) is 0.0625. The van der Waals surface area contributed by atoms with Crippen molar-refractivity contribution in [3.8, 4) is 11.5 Å². The second kappa shape index (κ2) is 6.44. The normalized spacial score (nSPS) is 10.8. The lowest BCUT2D eigenvalue weighted by atomic mass is 10.3. The number of carbonyl (C=O) groups excluding carboxylic acids is 1. The Morgan fingerprint density at radius 2 is 1.82 bits per heavy atom. The molecule has 0 aliphatic carbocycles. The summed E-state index contributed by atoms with van der Waals surface area (Å²) in [6.45, 7) is 3.37. The van der Waals surface area contributed by atoms with E-state index in [-0.39, 0.29) is 10.8 Å². The number of anilines is 1. The Morgan fingerprint density at radius 1 is 1.14 bits per heavy atom. The van der Waals surface area contributed by atoms with Crippen molar-refractivity contribution in [3.05, 3.63) is 61.2 Å². The maximum Gasteiger partial charge on any atom is 0.247 e. The predicted octanol–water partition coefficient (Wildman–Crippen LogP) is 3.01. The first-order chi connectivity index (χ1) is 10.4. The molecule has 0 unspecified atom stereocenters. The number of hydrogen-bond donors (Lipinski definition) is 1. The molecule has 2 rings (SSSR count). The van der Waals surface area contributed by atoms with E-state index in [0.29, 0.717) is 17.2 Å². The van der Waals surface area contributed by atoms with Gasteiger partial charge in [-0.2, -0.15) is 0 Å². The zero-order valence-electron chi connectivity index (χ0n) is 11.9. The van der Waals surface area contributed by atoms with Crippen LogP contribution in [0.4, 0.5) is 5.69 Å². The highest BCUT2D eigenvalue weighted by atomic mass is 32.2.